The first-order chi connectivity index (χ1) is 16.4. The number of Topliss-reactive ketones (excluding diaryl/α,β-unsaturated/α-hetero) is 1. The highest BCUT2D eigenvalue weighted by Crippen LogP contribution is 2.47. The third kappa shape index (κ3) is 5.47. The Labute approximate surface area is 200 Å². The number of nitrogens with one attached hydrogen (secondary N) is 1. The number of carboxylic acid groups (broad SMARTS) is 1. The molecule has 2 aromatic carbocycles. The number of amides is 1. The van der Waals surface area contributed by atoms with E-state index in [1.807, 2.05) is 37.3 Å². The summed E-state index contributed by atoms with van der Waals surface area (Å²) in [5.41, 5.74) is 3.20. The summed E-state index contributed by atoms with van der Waals surface area (Å²) in [6, 6.07) is 14.8. The maximum absolute atomic E-state index is 13.5. The number of ether oxygens (including phenoxy) is 1. The molecule has 0 heterocycles. The number of carboxylic acids is 1. The third-order valence-electron chi connectivity index (χ3n) is 6.77. The lowest BCUT2D eigenvalue weighted by Crippen LogP contribution is -2.49. The predicted molar refractivity (Wildman–Crippen MR) is 127 cm³/mol. The number of fused-ring (bicyclic) bond motifs is 1. The van der Waals surface area contributed by atoms with Gasteiger partial charge in [0.05, 0.1) is 13.7 Å². The number of hydroxylamine groups is 1. The normalized spacial score (nSPS) is 19.4. The van der Waals surface area contributed by atoms with Gasteiger partial charge in [0, 0.05) is 17.5 Å². The monoisotopic (exact) mass is 467 g/mol. The number of carbonyl (C=O) groups excluding carboxylic acids is 2. The molecule has 0 aromatic heterocycles. The van der Waals surface area contributed by atoms with Crippen molar-refractivity contribution in [2.45, 2.75) is 58.5 Å². The fourth-order valence-corrected chi connectivity index (χ4v) is 4.91. The molecular weight excluding hydrogens is 434 g/mol. The molecule has 3 rings (SSSR count). The summed E-state index contributed by atoms with van der Waals surface area (Å²) in [6.07, 6.45) is 3.39. The Morgan fingerprint density at radius 1 is 1.09 bits per heavy atom. The van der Waals surface area contributed by atoms with Crippen LogP contribution in [0.2, 0.25) is 0 Å². The van der Waals surface area contributed by atoms with Crippen molar-refractivity contribution in [1.29, 1.82) is 0 Å². The van der Waals surface area contributed by atoms with Crippen molar-refractivity contribution < 1.29 is 29.1 Å². The van der Waals surface area contributed by atoms with E-state index in [0.717, 1.165) is 11.1 Å². The van der Waals surface area contributed by atoms with E-state index in [4.69, 9.17) is 9.57 Å². The zero-order valence-corrected chi connectivity index (χ0v) is 19.8. The molecule has 0 saturated carbocycles. The van der Waals surface area contributed by atoms with Gasteiger partial charge in [0.2, 0.25) is 5.91 Å². The fraction of sp³-hybridized carbons (Fsp3) is 0.444. The molecule has 1 amide bonds. The van der Waals surface area contributed by atoms with Crippen molar-refractivity contribution in [3.63, 3.8) is 0 Å². The lowest BCUT2D eigenvalue weighted by atomic mass is 9.60. The lowest BCUT2D eigenvalue weighted by molar-refractivity contribution is -0.150. The maximum atomic E-state index is 13.5. The number of aliphatic carboxylic acids is 1. The summed E-state index contributed by atoms with van der Waals surface area (Å²) in [5.74, 6) is -1.30. The third-order valence-corrected chi connectivity index (χ3v) is 6.77. The molecule has 1 aliphatic carbocycles. The van der Waals surface area contributed by atoms with Crippen LogP contribution >= 0.6 is 0 Å². The van der Waals surface area contributed by atoms with Gasteiger partial charge in [-0.15, -0.1) is 0 Å². The summed E-state index contributed by atoms with van der Waals surface area (Å²) in [7, 11) is 1.56. The van der Waals surface area contributed by atoms with Gasteiger partial charge in [0.1, 0.15) is 11.2 Å². The number of methoxy groups -OCH3 is 1. The topological polar surface area (TPSA) is 102 Å². The molecular formula is C27H33NO6. The van der Waals surface area contributed by atoms with Crippen LogP contribution in [0.15, 0.2) is 48.5 Å². The summed E-state index contributed by atoms with van der Waals surface area (Å²) in [5, 5.41) is 10.2. The highest BCUT2D eigenvalue weighted by molar-refractivity contribution is 6.14. The number of ketones is 1. The minimum Gasteiger partial charge on any atom is -0.496 e. The van der Waals surface area contributed by atoms with Crippen LogP contribution in [0.1, 0.15) is 66.9 Å². The smallest absolute Gasteiger partial charge is 0.317 e. The van der Waals surface area contributed by atoms with E-state index in [9.17, 15) is 19.5 Å². The van der Waals surface area contributed by atoms with Gasteiger partial charge in [-0.1, -0.05) is 68.7 Å². The van der Waals surface area contributed by atoms with Gasteiger partial charge in [0.15, 0.2) is 5.78 Å². The number of rotatable bonds is 12. The Kier molecular flexibility index (Phi) is 8.82. The van der Waals surface area contributed by atoms with Gasteiger partial charge >= 0.3 is 5.97 Å². The molecule has 34 heavy (non-hydrogen) atoms. The minimum absolute atomic E-state index is 0.218. The average Bonchev–Trinajstić information content (AvgIpc) is 2.85. The molecule has 0 bridgehead atoms. The SMILES string of the molecule is CCC1Cc2c(OC)cccc2C(=O)C1(CCCCCC(=O)NOCc1ccccc1)C(=O)O. The summed E-state index contributed by atoms with van der Waals surface area (Å²) >= 11 is 0. The zero-order chi connectivity index (χ0) is 24.6. The van der Waals surface area contributed by atoms with Crippen LogP contribution in [0.25, 0.3) is 0 Å². The van der Waals surface area contributed by atoms with Crippen molar-refractivity contribution in [2.75, 3.05) is 7.11 Å². The van der Waals surface area contributed by atoms with Gasteiger partial charge in [-0.2, -0.15) is 0 Å². The second-order valence-corrected chi connectivity index (χ2v) is 8.76. The number of hydrogen-bond acceptors (Lipinski definition) is 5. The van der Waals surface area contributed by atoms with Gasteiger partial charge in [-0.3, -0.25) is 19.2 Å². The molecule has 7 heteroatoms. The van der Waals surface area contributed by atoms with Crippen LogP contribution in [0.4, 0.5) is 0 Å². The first-order valence-corrected chi connectivity index (χ1v) is 11.8. The fourth-order valence-electron chi connectivity index (χ4n) is 4.91. The Balaban J connectivity index is 1.54. The molecule has 0 saturated heterocycles. The van der Waals surface area contributed by atoms with Crippen LogP contribution < -0.4 is 10.2 Å². The van der Waals surface area contributed by atoms with Crippen molar-refractivity contribution in [2.24, 2.45) is 11.3 Å². The van der Waals surface area contributed by atoms with Crippen molar-refractivity contribution >= 4 is 17.7 Å². The van der Waals surface area contributed by atoms with Crippen molar-refractivity contribution in [3.8, 4) is 5.75 Å². The van der Waals surface area contributed by atoms with E-state index >= 15 is 0 Å². The Bertz CT molecular complexity index is 1010. The minimum atomic E-state index is -1.45. The van der Waals surface area contributed by atoms with Gasteiger partial charge < -0.3 is 9.84 Å². The van der Waals surface area contributed by atoms with Crippen LogP contribution in [-0.2, 0) is 27.5 Å². The van der Waals surface area contributed by atoms with Crippen LogP contribution in [0, 0.1) is 11.3 Å². The molecule has 1 aliphatic rings. The van der Waals surface area contributed by atoms with Crippen molar-refractivity contribution in [3.05, 3.63) is 65.2 Å². The number of unbranched alkanes of at least 4 members (excludes halogenated alkanes) is 2. The highest BCUT2D eigenvalue weighted by atomic mass is 16.6. The van der Waals surface area contributed by atoms with E-state index in [2.05, 4.69) is 5.48 Å². The second kappa shape index (κ2) is 11.8. The maximum Gasteiger partial charge on any atom is 0.317 e. The number of carbonyl (C=O) groups is 3. The first kappa shape index (κ1) is 25.4. The number of hydrogen-bond donors (Lipinski definition) is 2. The quantitative estimate of drug-likeness (QED) is 0.266. The van der Waals surface area contributed by atoms with Crippen LogP contribution in [0.5, 0.6) is 5.75 Å². The standard InChI is InChI=1S/C27H33NO6/c1-3-20-17-22-21(13-10-14-23(22)33-2)25(30)27(20,26(31)32)16-9-5-8-15-24(29)28-34-18-19-11-6-4-7-12-19/h4,6-7,10-14,20H,3,5,8-9,15-18H2,1-2H3,(H,28,29)(H,31,32). The molecule has 2 N–H and O–H groups in total. The molecule has 2 unspecified atom stereocenters. The second-order valence-electron chi connectivity index (χ2n) is 8.76. The van der Waals surface area contributed by atoms with Crippen molar-refractivity contribution in [1.82, 2.24) is 5.48 Å². The molecule has 2 atom stereocenters. The summed E-state index contributed by atoms with van der Waals surface area (Å²) < 4.78 is 5.42. The Hall–Kier alpha value is -3.19. The predicted octanol–water partition coefficient (Wildman–Crippen LogP) is 4.73. The molecule has 0 radical (unpaired) electrons. The summed E-state index contributed by atoms with van der Waals surface area (Å²) in [6.45, 7) is 2.22. The first-order valence-electron chi connectivity index (χ1n) is 11.8. The Morgan fingerprint density at radius 3 is 2.53 bits per heavy atom. The van der Waals surface area contributed by atoms with Gasteiger partial charge in [-0.05, 0) is 36.8 Å². The number of benzene rings is 2. The lowest BCUT2D eigenvalue weighted by Gasteiger charge is -2.40. The van der Waals surface area contributed by atoms with E-state index in [1.165, 1.54) is 0 Å². The highest BCUT2D eigenvalue weighted by Gasteiger charge is 2.54. The Morgan fingerprint density at radius 2 is 1.85 bits per heavy atom. The average molecular weight is 468 g/mol. The van der Waals surface area contributed by atoms with Crippen LogP contribution in [0.3, 0.4) is 0 Å². The van der Waals surface area contributed by atoms with Gasteiger partial charge in [-0.25, -0.2) is 5.48 Å². The largest absolute Gasteiger partial charge is 0.496 e. The summed E-state index contributed by atoms with van der Waals surface area (Å²) in [4.78, 5) is 43.3. The molecule has 0 spiro atoms. The zero-order valence-electron chi connectivity index (χ0n) is 19.8. The van der Waals surface area contributed by atoms with E-state index in [-0.39, 0.29) is 30.4 Å². The molecule has 7 nitrogen and oxygen atoms in total. The van der Waals surface area contributed by atoms with E-state index in [0.29, 0.717) is 50.0 Å². The van der Waals surface area contributed by atoms with Gasteiger partial charge in [0.25, 0.3) is 0 Å². The molecule has 0 aliphatic heterocycles. The molecule has 2 aromatic rings. The van der Waals surface area contributed by atoms with E-state index < -0.39 is 11.4 Å². The van der Waals surface area contributed by atoms with Crippen LogP contribution in [-0.4, -0.2) is 29.9 Å². The molecule has 0 fully saturated rings. The van der Waals surface area contributed by atoms with E-state index in [1.54, 1.807) is 25.3 Å². The molecule has 182 valence electrons.